The van der Waals surface area contributed by atoms with Crippen LogP contribution in [-0.2, 0) is 0 Å². The van der Waals surface area contributed by atoms with Crippen molar-refractivity contribution in [1.29, 1.82) is 0 Å². The zero-order valence-electron chi connectivity index (χ0n) is 9.04. The zero-order chi connectivity index (χ0) is 11.7. The Hall–Kier alpha value is -0.900. The molecule has 1 saturated heterocycles. The highest BCUT2D eigenvalue weighted by Crippen LogP contribution is 2.21. The second-order valence-electron chi connectivity index (χ2n) is 4.27. The SMILES string of the molecule is CC1CCN(C(=O)c2cc(Br)ccc2F)C1. The third-order valence-corrected chi connectivity index (χ3v) is 3.36. The fraction of sp³-hybridized carbons (Fsp3) is 0.417. The number of amides is 1. The molecule has 1 aromatic carbocycles. The first kappa shape index (κ1) is 11.6. The molecule has 1 atom stereocenters. The number of benzene rings is 1. The molecule has 0 aromatic heterocycles. The van der Waals surface area contributed by atoms with Gasteiger partial charge in [0.2, 0.25) is 0 Å². The molecular formula is C12H13BrFNO. The molecule has 1 heterocycles. The Bertz CT molecular complexity index is 421. The molecule has 16 heavy (non-hydrogen) atoms. The molecule has 1 fully saturated rings. The van der Waals surface area contributed by atoms with Gasteiger partial charge in [0.05, 0.1) is 5.56 Å². The van der Waals surface area contributed by atoms with Crippen LogP contribution in [0.15, 0.2) is 22.7 Å². The zero-order valence-corrected chi connectivity index (χ0v) is 10.6. The number of hydrogen-bond donors (Lipinski definition) is 0. The average molecular weight is 286 g/mol. The lowest BCUT2D eigenvalue weighted by Gasteiger charge is -2.16. The van der Waals surface area contributed by atoms with Gasteiger partial charge in [-0.25, -0.2) is 4.39 Å². The van der Waals surface area contributed by atoms with Gasteiger partial charge < -0.3 is 4.90 Å². The summed E-state index contributed by atoms with van der Waals surface area (Å²) in [7, 11) is 0. The summed E-state index contributed by atoms with van der Waals surface area (Å²) in [5.74, 6) is -0.143. The maximum atomic E-state index is 13.5. The molecule has 0 aliphatic carbocycles. The molecule has 1 aliphatic rings. The second-order valence-corrected chi connectivity index (χ2v) is 5.18. The Morgan fingerprint density at radius 1 is 1.56 bits per heavy atom. The summed E-state index contributed by atoms with van der Waals surface area (Å²) in [4.78, 5) is 13.7. The minimum atomic E-state index is -0.451. The highest BCUT2D eigenvalue weighted by atomic mass is 79.9. The van der Waals surface area contributed by atoms with Crippen LogP contribution in [0.2, 0.25) is 0 Å². The van der Waals surface area contributed by atoms with Crippen LogP contribution in [0, 0.1) is 11.7 Å². The van der Waals surface area contributed by atoms with Crippen molar-refractivity contribution in [2.45, 2.75) is 13.3 Å². The summed E-state index contributed by atoms with van der Waals surface area (Å²) >= 11 is 3.25. The van der Waals surface area contributed by atoms with Gasteiger partial charge in [-0.3, -0.25) is 4.79 Å². The maximum absolute atomic E-state index is 13.5. The maximum Gasteiger partial charge on any atom is 0.256 e. The largest absolute Gasteiger partial charge is 0.338 e. The standard InChI is InChI=1S/C12H13BrFNO/c1-8-4-5-15(7-8)12(16)10-6-9(13)2-3-11(10)14/h2-3,6,8H,4-5,7H2,1H3. The number of halogens is 2. The van der Waals surface area contributed by atoms with Crippen molar-refractivity contribution in [3.63, 3.8) is 0 Å². The topological polar surface area (TPSA) is 20.3 Å². The summed E-state index contributed by atoms with van der Waals surface area (Å²) in [6.45, 7) is 3.56. The predicted molar refractivity (Wildman–Crippen MR) is 63.8 cm³/mol. The molecule has 1 amide bonds. The minimum absolute atomic E-state index is 0.156. The molecule has 0 spiro atoms. The van der Waals surface area contributed by atoms with E-state index in [0.29, 0.717) is 5.92 Å². The van der Waals surface area contributed by atoms with Gasteiger partial charge in [-0.2, -0.15) is 0 Å². The van der Waals surface area contributed by atoms with Crippen LogP contribution < -0.4 is 0 Å². The first-order valence-corrected chi connectivity index (χ1v) is 6.11. The molecule has 2 rings (SSSR count). The first-order chi connectivity index (χ1) is 7.58. The van der Waals surface area contributed by atoms with Crippen molar-refractivity contribution in [2.24, 2.45) is 5.92 Å². The highest BCUT2D eigenvalue weighted by Gasteiger charge is 2.25. The molecule has 0 bridgehead atoms. The van der Waals surface area contributed by atoms with E-state index in [0.717, 1.165) is 24.0 Å². The van der Waals surface area contributed by atoms with Crippen molar-refractivity contribution in [2.75, 3.05) is 13.1 Å². The normalized spacial score (nSPS) is 20.2. The van der Waals surface area contributed by atoms with E-state index >= 15 is 0 Å². The van der Waals surface area contributed by atoms with Gasteiger partial charge in [0.15, 0.2) is 0 Å². The van der Waals surface area contributed by atoms with Gasteiger partial charge in [-0.05, 0) is 30.5 Å². The quantitative estimate of drug-likeness (QED) is 0.777. The molecule has 2 nitrogen and oxygen atoms in total. The van der Waals surface area contributed by atoms with E-state index in [9.17, 15) is 9.18 Å². The highest BCUT2D eigenvalue weighted by molar-refractivity contribution is 9.10. The molecule has 0 N–H and O–H groups in total. The third kappa shape index (κ3) is 2.26. The van der Waals surface area contributed by atoms with Crippen LogP contribution >= 0.6 is 15.9 Å². The van der Waals surface area contributed by atoms with Crippen molar-refractivity contribution in [1.82, 2.24) is 4.90 Å². The van der Waals surface area contributed by atoms with Gasteiger partial charge in [-0.1, -0.05) is 22.9 Å². The van der Waals surface area contributed by atoms with Crippen LogP contribution in [0.4, 0.5) is 4.39 Å². The molecule has 0 saturated carbocycles. The Kier molecular flexibility index (Phi) is 3.28. The molecule has 1 aliphatic heterocycles. The Morgan fingerprint density at radius 3 is 2.94 bits per heavy atom. The summed E-state index contributed by atoms with van der Waals surface area (Å²) in [6.07, 6.45) is 1.00. The van der Waals surface area contributed by atoms with E-state index in [1.165, 1.54) is 6.07 Å². The fourth-order valence-electron chi connectivity index (χ4n) is 1.95. The van der Waals surface area contributed by atoms with Gasteiger partial charge in [0.25, 0.3) is 5.91 Å². The molecule has 4 heteroatoms. The summed E-state index contributed by atoms with van der Waals surface area (Å²) in [5, 5.41) is 0. The fourth-order valence-corrected chi connectivity index (χ4v) is 2.31. The Balaban J connectivity index is 2.23. The van der Waals surface area contributed by atoms with E-state index in [1.807, 2.05) is 0 Å². The minimum Gasteiger partial charge on any atom is -0.338 e. The monoisotopic (exact) mass is 285 g/mol. The van der Waals surface area contributed by atoms with Gasteiger partial charge >= 0.3 is 0 Å². The van der Waals surface area contributed by atoms with Crippen LogP contribution in [0.25, 0.3) is 0 Å². The lowest BCUT2D eigenvalue weighted by atomic mass is 10.1. The van der Waals surface area contributed by atoms with Crippen LogP contribution in [-0.4, -0.2) is 23.9 Å². The molecule has 1 aromatic rings. The van der Waals surface area contributed by atoms with Crippen LogP contribution in [0.3, 0.4) is 0 Å². The summed E-state index contributed by atoms with van der Waals surface area (Å²) in [6, 6.07) is 4.45. The summed E-state index contributed by atoms with van der Waals surface area (Å²) in [5.41, 5.74) is 0.156. The number of hydrogen-bond acceptors (Lipinski definition) is 1. The van der Waals surface area contributed by atoms with E-state index in [4.69, 9.17) is 0 Å². The van der Waals surface area contributed by atoms with E-state index < -0.39 is 5.82 Å². The molecular weight excluding hydrogens is 273 g/mol. The lowest BCUT2D eigenvalue weighted by molar-refractivity contribution is 0.0783. The second kappa shape index (κ2) is 4.53. The van der Waals surface area contributed by atoms with E-state index in [-0.39, 0.29) is 11.5 Å². The average Bonchev–Trinajstić information content (AvgIpc) is 2.67. The number of carbonyl (C=O) groups is 1. The first-order valence-electron chi connectivity index (χ1n) is 5.32. The van der Waals surface area contributed by atoms with Crippen molar-refractivity contribution in [3.05, 3.63) is 34.1 Å². The van der Waals surface area contributed by atoms with Crippen LogP contribution in [0.1, 0.15) is 23.7 Å². The number of carbonyl (C=O) groups excluding carboxylic acids is 1. The Labute approximate surface area is 103 Å². The number of rotatable bonds is 1. The van der Waals surface area contributed by atoms with Crippen molar-refractivity contribution < 1.29 is 9.18 Å². The number of nitrogens with zero attached hydrogens (tertiary/aromatic N) is 1. The molecule has 1 unspecified atom stereocenters. The van der Waals surface area contributed by atoms with Gasteiger partial charge in [0.1, 0.15) is 5.82 Å². The number of likely N-dealkylation sites (tertiary alicyclic amines) is 1. The van der Waals surface area contributed by atoms with Gasteiger partial charge in [0, 0.05) is 17.6 Å². The Morgan fingerprint density at radius 2 is 2.31 bits per heavy atom. The van der Waals surface area contributed by atoms with E-state index in [1.54, 1.807) is 17.0 Å². The smallest absolute Gasteiger partial charge is 0.256 e. The van der Waals surface area contributed by atoms with Crippen LogP contribution in [0.5, 0.6) is 0 Å². The van der Waals surface area contributed by atoms with E-state index in [2.05, 4.69) is 22.9 Å². The third-order valence-electron chi connectivity index (χ3n) is 2.87. The van der Waals surface area contributed by atoms with Crippen molar-refractivity contribution in [3.8, 4) is 0 Å². The molecule has 86 valence electrons. The predicted octanol–water partition coefficient (Wildman–Crippen LogP) is 3.07. The summed E-state index contributed by atoms with van der Waals surface area (Å²) < 4.78 is 14.2. The molecule has 0 radical (unpaired) electrons. The van der Waals surface area contributed by atoms with Gasteiger partial charge in [-0.15, -0.1) is 0 Å². The van der Waals surface area contributed by atoms with Crippen molar-refractivity contribution >= 4 is 21.8 Å². The lowest BCUT2D eigenvalue weighted by Crippen LogP contribution is -2.29.